The summed E-state index contributed by atoms with van der Waals surface area (Å²) in [4.78, 5) is 36.8. The second-order valence-corrected chi connectivity index (χ2v) is 10.8. The Balaban J connectivity index is 1.18. The molecule has 0 radical (unpaired) electrons. The molecular weight excluding hydrogens is 487 g/mol. The number of anilines is 1. The van der Waals surface area contributed by atoms with E-state index in [2.05, 4.69) is 33.4 Å². The maximum Gasteiger partial charge on any atom is 0.319 e. The number of nitrogens with one attached hydrogen (secondary N) is 1. The van der Waals surface area contributed by atoms with Crippen LogP contribution in [0.15, 0.2) is 36.5 Å². The zero-order valence-corrected chi connectivity index (χ0v) is 22.1. The molecule has 3 aliphatic heterocycles. The van der Waals surface area contributed by atoms with Gasteiger partial charge in [-0.2, -0.15) is 0 Å². The van der Waals surface area contributed by atoms with Gasteiger partial charge in [-0.15, -0.1) is 0 Å². The number of carbonyl (C=O) groups is 2. The number of aromatic nitrogens is 1. The monoisotopic (exact) mass is 524 g/mol. The van der Waals surface area contributed by atoms with Crippen molar-refractivity contribution in [3.8, 4) is 0 Å². The number of hydrogen-bond acceptors (Lipinski definition) is 6. The van der Waals surface area contributed by atoms with Gasteiger partial charge in [0.05, 0.1) is 17.9 Å². The number of pyridine rings is 1. The molecule has 2 fully saturated rings. The van der Waals surface area contributed by atoms with Crippen molar-refractivity contribution in [2.75, 3.05) is 52.1 Å². The van der Waals surface area contributed by atoms with Gasteiger partial charge in [0.25, 0.3) is 5.91 Å². The fourth-order valence-corrected chi connectivity index (χ4v) is 5.89. The van der Waals surface area contributed by atoms with E-state index in [4.69, 9.17) is 0 Å². The van der Waals surface area contributed by atoms with Crippen molar-refractivity contribution in [1.29, 1.82) is 0 Å². The molecule has 0 saturated carbocycles. The Bertz CT molecular complexity index is 1170. The number of rotatable bonds is 4. The number of urea groups is 1. The summed E-state index contributed by atoms with van der Waals surface area (Å²) < 4.78 is 14.7. The minimum absolute atomic E-state index is 0.00713. The van der Waals surface area contributed by atoms with Crippen LogP contribution in [0.4, 0.5) is 15.0 Å². The van der Waals surface area contributed by atoms with Gasteiger partial charge in [0.2, 0.25) is 0 Å². The second kappa shape index (κ2) is 11.2. The molecule has 1 aromatic carbocycles. The maximum atomic E-state index is 14.7. The molecule has 2 N–H and O–H groups in total. The zero-order chi connectivity index (χ0) is 26.8. The predicted octanol–water partition coefficient (Wildman–Crippen LogP) is 2.41. The van der Waals surface area contributed by atoms with E-state index in [0.717, 1.165) is 38.5 Å². The largest absolute Gasteiger partial charge is 0.390 e. The Kier molecular flexibility index (Phi) is 7.80. The zero-order valence-electron chi connectivity index (χ0n) is 22.1. The number of carbonyl (C=O) groups excluding carboxylic acids is 2. The first-order valence-corrected chi connectivity index (χ1v) is 13.5. The van der Waals surface area contributed by atoms with Crippen molar-refractivity contribution in [2.24, 2.45) is 0 Å². The third kappa shape index (κ3) is 5.61. The molecule has 0 aliphatic carbocycles. The van der Waals surface area contributed by atoms with Gasteiger partial charge in [-0.3, -0.25) is 9.69 Å². The number of hydrogen-bond donors (Lipinski definition) is 2. The number of benzene rings is 1. The summed E-state index contributed by atoms with van der Waals surface area (Å²) in [5, 5.41) is 14.3. The SMILES string of the molecule is CN(C)C(=O)N1CCC(Nc2cc(C(=O)N3CC[C@H](N4CCc5ccccc5C4)[C@@H](O)C3)c(F)cn2)CC1. The number of amides is 3. The molecule has 3 amide bonds. The van der Waals surface area contributed by atoms with E-state index in [1.54, 1.807) is 23.9 Å². The van der Waals surface area contributed by atoms with Crippen molar-refractivity contribution < 1.29 is 19.1 Å². The summed E-state index contributed by atoms with van der Waals surface area (Å²) >= 11 is 0. The van der Waals surface area contributed by atoms with E-state index in [1.165, 1.54) is 17.2 Å². The molecule has 2 aromatic rings. The van der Waals surface area contributed by atoms with Crippen molar-refractivity contribution in [3.05, 3.63) is 59.0 Å². The first kappa shape index (κ1) is 26.4. The summed E-state index contributed by atoms with van der Waals surface area (Å²) in [6.45, 7) is 3.55. The molecular formula is C28H37FN6O3. The van der Waals surface area contributed by atoms with Crippen LogP contribution < -0.4 is 5.32 Å². The number of β-amino-alcohol motifs (C(OH)–C–C–N with tert-alkyl or cyclic N) is 1. The van der Waals surface area contributed by atoms with Gasteiger partial charge in [-0.05, 0) is 42.9 Å². The van der Waals surface area contributed by atoms with Crippen molar-refractivity contribution in [3.63, 3.8) is 0 Å². The highest BCUT2D eigenvalue weighted by atomic mass is 19.1. The molecule has 0 unspecified atom stereocenters. The lowest BCUT2D eigenvalue weighted by Crippen LogP contribution is -2.56. The van der Waals surface area contributed by atoms with Gasteiger partial charge < -0.3 is 25.1 Å². The lowest BCUT2D eigenvalue weighted by molar-refractivity contribution is -0.0138. The normalized spacial score (nSPS) is 22.6. The highest BCUT2D eigenvalue weighted by Crippen LogP contribution is 2.27. The molecule has 2 atom stereocenters. The number of aliphatic hydroxyl groups is 1. The number of aliphatic hydroxyl groups excluding tert-OH is 1. The number of nitrogens with zero attached hydrogens (tertiary/aromatic N) is 5. The molecule has 1 aromatic heterocycles. The van der Waals surface area contributed by atoms with E-state index in [9.17, 15) is 19.1 Å². The summed E-state index contributed by atoms with van der Waals surface area (Å²) in [5.41, 5.74) is 2.61. The Hall–Kier alpha value is -3.24. The number of piperidine rings is 2. The van der Waals surface area contributed by atoms with E-state index in [1.807, 2.05) is 11.0 Å². The summed E-state index contributed by atoms with van der Waals surface area (Å²) in [6, 6.07) is 9.90. The second-order valence-electron chi connectivity index (χ2n) is 10.8. The van der Waals surface area contributed by atoms with E-state index >= 15 is 0 Å². The summed E-state index contributed by atoms with van der Waals surface area (Å²) in [6.07, 6.45) is 3.44. The maximum absolute atomic E-state index is 14.7. The van der Waals surface area contributed by atoms with E-state index in [0.29, 0.717) is 31.9 Å². The highest BCUT2D eigenvalue weighted by molar-refractivity contribution is 5.95. The average Bonchev–Trinajstić information content (AvgIpc) is 2.93. The van der Waals surface area contributed by atoms with E-state index < -0.39 is 17.8 Å². The quantitative estimate of drug-likeness (QED) is 0.639. The minimum atomic E-state index is -0.699. The Morgan fingerprint density at radius 1 is 1.05 bits per heavy atom. The van der Waals surface area contributed by atoms with Crippen LogP contribution in [0, 0.1) is 5.82 Å². The Morgan fingerprint density at radius 3 is 2.47 bits per heavy atom. The van der Waals surface area contributed by atoms with Crippen LogP contribution >= 0.6 is 0 Å². The van der Waals surface area contributed by atoms with Gasteiger partial charge in [0, 0.05) is 65.4 Å². The fourth-order valence-electron chi connectivity index (χ4n) is 5.89. The Morgan fingerprint density at radius 2 is 1.76 bits per heavy atom. The first-order chi connectivity index (χ1) is 18.3. The van der Waals surface area contributed by atoms with Crippen LogP contribution in [-0.2, 0) is 13.0 Å². The third-order valence-electron chi connectivity index (χ3n) is 8.05. The van der Waals surface area contributed by atoms with Gasteiger partial charge in [-0.1, -0.05) is 24.3 Å². The van der Waals surface area contributed by atoms with Crippen LogP contribution in [0.3, 0.4) is 0 Å². The average molecular weight is 525 g/mol. The highest BCUT2D eigenvalue weighted by Gasteiger charge is 2.36. The molecule has 2 saturated heterocycles. The number of fused-ring (bicyclic) bond motifs is 1. The molecule has 10 heteroatoms. The molecule has 204 valence electrons. The standard InChI is InChI=1S/C28H37FN6O3/c1-32(2)28(38)33-12-8-21(9-13-33)31-26-15-22(23(29)16-30-26)27(37)35-14-10-24(25(36)18-35)34-11-7-19-5-3-4-6-20(19)17-34/h3-6,15-16,21,24-25,36H,7-14,17-18H2,1-2H3,(H,30,31)/t24-,25-/m0/s1. The molecule has 38 heavy (non-hydrogen) atoms. The lowest BCUT2D eigenvalue weighted by atomic mass is 9.94. The molecule has 3 aliphatic rings. The predicted molar refractivity (Wildman–Crippen MR) is 142 cm³/mol. The summed E-state index contributed by atoms with van der Waals surface area (Å²) in [7, 11) is 3.48. The smallest absolute Gasteiger partial charge is 0.319 e. The minimum Gasteiger partial charge on any atom is -0.390 e. The molecule has 0 bridgehead atoms. The van der Waals surface area contributed by atoms with Crippen molar-refractivity contribution in [1.82, 2.24) is 24.6 Å². The molecule has 4 heterocycles. The van der Waals surface area contributed by atoms with Gasteiger partial charge in [0.1, 0.15) is 5.82 Å². The van der Waals surface area contributed by atoms with Crippen LogP contribution in [0.25, 0.3) is 0 Å². The third-order valence-corrected chi connectivity index (χ3v) is 8.05. The van der Waals surface area contributed by atoms with Crippen LogP contribution in [0.1, 0.15) is 40.7 Å². The summed E-state index contributed by atoms with van der Waals surface area (Å²) in [5.74, 6) is -0.661. The van der Waals surface area contributed by atoms with Crippen LogP contribution in [-0.4, -0.2) is 107 Å². The molecule has 5 rings (SSSR count). The van der Waals surface area contributed by atoms with Gasteiger partial charge in [-0.25, -0.2) is 14.2 Å². The molecule has 0 spiro atoms. The molecule has 9 nitrogen and oxygen atoms in total. The van der Waals surface area contributed by atoms with Crippen LogP contribution in [0.5, 0.6) is 0 Å². The van der Waals surface area contributed by atoms with Crippen molar-refractivity contribution in [2.45, 2.75) is 50.4 Å². The number of halogens is 1. The lowest BCUT2D eigenvalue weighted by Gasteiger charge is -2.43. The Labute approximate surface area is 223 Å². The van der Waals surface area contributed by atoms with Gasteiger partial charge >= 0.3 is 6.03 Å². The van der Waals surface area contributed by atoms with Crippen molar-refractivity contribution >= 4 is 17.8 Å². The van der Waals surface area contributed by atoms with Crippen LogP contribution in [0.2, 0.25) is 0 Å². The first-order valence-electron chi connectivity index (χ1n) is 13.5. The van der Waals surface area contributed by atoms with E-state index in [-0.39, 0.29) is 30.2 Å². The van der Waals surface area contributed by atoms with Gasteiger partial charge in [0.15, 0.2) is 5.82 Å². The fraction of sp³-hybridized carbons (Fsp3) is 0.536. The topological polar surface area (TPSA) is 92.3 Å². The number of likely N-dealkylation sites (tertiary alicyclic amines) is 2.